The second-order valence-corrected chi connectivity index (χ2v) is 9.57. The number of rotatable bonds is 8. The Hall–Kier alpha value is 0.463. The van der Waals surface area contributed by atoms with Gasteiger partial charge in [0.25, 0.3) is 0 Å². The van der Waals surface area contributed by atoms with Crippen LogP contribution in [-0.2, 0) is 0 Å². The Bertz CT molecular complexity index is 133. The normalized spacial score (nSPS) is 16.8. The Morgan fingerprint density at radius 3 is 1.40 bits per heavy atom. The molecule has 0 aliphatic rings. The fraction of sp³-hybridized carbons (Fsp3) is 1.00. The van der Waals surface area contributed by atoms with E-state index in [0.717, 1.165) is 11.8 Å². The summed E-state index contributed by atoms with van der Waals surface area (Å²) in [4.78, 5) is 4.63. The zero-order valence-electron chi connectivity index (χ0n) is 11.6. The standard InChI is InChI=1S/C12H30GeN2/c1-11(9-14(3)4)7-13-8-12(2)10-15(5)6/h11-12H,7-10,13H2,1-6H3. The molecule has 92 valence electrons. The van der Waals surface area contributed by atoms with Crippen LogP contribution >= 0.6 is 0 Å². The van der Waals surface area contributed by atoms with E-state index < -0.39 is 0 Å². The van der Waals surface area contributed by atoms with Crippen LogP contribution in [0.3, 0.4) is 0 Å². The van der Waals surface area contributed by atoms with Crippen LogP contribution in [0.15, 0.2) is 0 Å². The van der Waals surface area contributed by atoms with Crippen LogP contribution in [0.25, 0.3) is 0 Å². The Kier molecular flexibility index (Phi) is 8.86. The first kappa shape index (κ1) is 15.5. The van der Waals surface area contributed by atoms with E-state index in [1.807, 2.05) is 0 Å². The predicted octanol–water partition coefficient (Wildman–Crippen LogP) is 1.39. The molecule has 0 N–H and O–H groups in total. The quantitative estimate of drug-likeness (QED) is 0.618. The van der Waals surface area contributed by atoms with Crippen LogP contribution in [-0.4, -0.2) is 66.5 Å². The molecule has 0 rings (SSSR count). The van der Waals surface area contributed by atoms with Gasteiger partial charge in [-0.05, 0) is 0 Å². The summed E-state index contributed by atoms with van der Waals surface area (Å²) >= 11 is -0.244. The van der Waals surface area contributed by atoms with E-state index in [0.29, 0.717) is 0 Å². The van der Waals surface area contributed by atoms with E-state index in [1.165, 1.54) is 13.1 Å². The van der Waals surface area contributed by atoms with Gasteiger partial charge in [0.1, 0.15) is 0 Å². The summed E-state index contributed by atoms with van der Waals surface area (Å²) in [6.07, 6.45) is 0. The van der Waals surface area contributed by atoms with Gasteiger partial charge in [-0.2, -0.15) is 0 Å². The first-order valence-corrected chi connectivity index (χ1v) is 10.4. The molecule has 0 amide bonds. The molecule has 0 radical (unpaired) electrons. The van der Waals surface area contributed by atoms with Crippen molar-refractivity contribution in [2.75, 3.05) is 41.3 Å². The van der Waals surface area contributed by atoms with Crippen molar-refractivity contribution < 1.29 is 0 Å². The van der Waals surface area contributed by atoms with Gasteiger partial charge >= 0.3 is 103 Å². The maximum atomic E-state index is 2.40. The summed E-state index contributed by atoms with van der Waals surface area (Å²) in [6, 6.07) is 0. The van der Waals surface area contributed by atoms with Crippen molar-refractivity contribution >= 4 is 15.4 Å². The van der Waals surface area contributed by atoms with Crippen LogP contribution in [0.2, 0.25) is 10.5 Å². The fourth-order valence-corrected chi connectivity index (χ4v) is 6.43. The molecule has 0 saturated heterocycles. The van der Waals surface area contributed by atoms with Gasteiger partial charge in [-0.15, -0.1) is 0 Å². The molecule has 0 aromatic heterocycles. The molecule has 0 aliphatic carbocycles. The molecule has 3 heteroatoms. The molecular formula is C12H30GeN2. The van der Waals surface area contributed by atoms with Crippen LogP contribution < -0.4 is 0 Å². The zero-order chi connectivity index (χ0) is 11.8. The van der Waals surface area contributed by atoms with E-state index >= 15 is 0 Å². The van der Waals surface area contributed by atoms with Crippen LogP contribution in [0.4, 0.5) is 0 Å². The molecule has 2 nitrogen and oxygen atoms in total. The molecule has 0 aliphatic heterocycles. The number of hydrogen-bond donors (Lipinski definition) is 0. The van der Waals surface area contributed by atoms with Crippen molar-refractivity contribution in [2.45, 2.75) is 24.4 Å². The third kappa shape index (κ3) is 10.7. The average molecular weight is 275 g/mol. The molecule has 2 unspecified atom stereocenters. The van der Waals surface area contributed by atoms with Crippen molar-refractivity contribution in [3.05, 3.63) is 0 Å². The summed E-state index contributed by atoms with van der Waals surface area (Å²) in [5, 5.41) is 3.12. The van der Waals surface area contributed by atoms with Crippen LogP contribution in [0.5, 0.6) is 0 Å². The van der Waals surface area contributed by atoms with Crippen molar-refractivity contribution in [2.24, 2.45) is 11.8 Å². The van der Waals surface area contributed by atoms with Crippen molar-refractivity contribution in [1.29, 1.82) is 0 Å². The van der Waals surface area contributed by atoms with Gasteiger partial charge in [-0.25, -0.2) is 0 Å². The SMILES string of the molecule is CC([CH2][GeH2][CH2]C(C)CN(C)C)CN(C)C. The zero-order valence-corrected chi connectivity index (χ0v) is 14.6. The number of nitrogens with zero attached hydrogens (tertiary/aromatic N) is 2. The summed E-state index contributed by atoms with van der Waals surface area (Å²) in [5.74, 6) is 1.85. The summed E-state index contributed by atoms with van der Waals surface area (Å²) in [5.41, 5.74) is 0. The third-order valence-electron chi connectivity index (χ3n) is 2.75. The van der Waals surface area contributed by atoms with Gasteiger partial charge in [0, 0.05) is 0 Å². The predicted molar refractivity (Wildman–Crippen MR) is 73.6 cm³/mol. The topological polar surface area (TPSA) is 6.48 Å². The molecule has 15 heavy (non-hydrogen) atoms. The molecule has 0 fully saturated rings. The molecule has 0 aromatic carbocycles. The molecule has 0 bridgehead atoms. The third-order valence-corrected chi connectivity index (χ3v) is 8.60. The van der Waals surface area contributed by atoms with E-state index in [2.05, 4.69) is 51.8 Å². The molecule has 0 spiro atoms. The summed E-state index contributed by atoms with van der Waals surface area (Å²) in [6.45, 7) is 7.35. The minimum atomic E-state index is -0.244. The van der Waals surface area contributed by atoms with Gasteiger partial charge in [0.15, 0.2) is 0 Å². The second kappa shape index (κ2) is 8.60. The molecule has 2 atom stereocenters. The van der Waals surface area contributed by atoms with E-state index in [-0.39, 0.29) is 15.4 Å². The van der Waals surface area contributed by atoms with Gasteiger partial charge in [-0.1, -0.05) is 0 Å². The number of hydrogen-bond acceptors (Lipinski definition) is 2. The monoisotopic (exact) mass is 276 g/mol. The summed E-state index contributed by atoms with van der Waals surface area (Å²) in [7, 11) is 8.71. The van der Waals surface area contributed by atoms with Gasteiger partial charge in [-0.3, -0.25) is 0 Å². The Morgan fingerprint density at radius 2 is 1.13 bits per heavy atom. The molecule has 0 saturated carbocycles. The van der Waals surface area contributed by atoms with Gasteiger partial charge < -0.3 is 0 Å². The van der Waals surface area contributed by atoms with E-state index in [1.54, 1.807) is 10.5 Å². The van der Waals surface area contributed by atoms with Gasteiger partial charge in [0.2, 0.25) is 0 Å². The Labute approximate surface area is 103 Å². The first-order valence-electron chi connectivity index (χ1n) is 6.21. The second-order valence-electron chi connectivity index (χ2n) is 5.67. The fourth-order valence-electron chi connectivity index (χ4n) is 2.24. The maximum absolute atomic E-state index is 2.40. The average Bonchev–Trinajstić information content (AvgIpc) is 2.00. The first-order chi connectivity index (χ1) is 6.91. The van der Waals surface area contributed by atoms with Crippen molar-refractivity contribution in [3.8, 4) is 0 Å². The van der Waals surface area contributed by atoms with Crippen LogP contribution in [0.1, 0.15) is 13.8 Å². The van der Waals surface area contributed by atoms with E-state index in [4.69, 9.17) is 0 Å². The Morgan fingerprint density at radius 1 is 0.800 bits per heavy atom. The Balaban J connectivity index is 3.44. The minimum absolute atomic E-state index is 0.244. The van der Waals surface area contributed by atoms with Crippen molar-refractivity contribution in [1.82, 2.24) is 9.80 Å². The molecule has 0 aromatic rings. The van der Waals surface area contributed by atoms with E-state index in [9.17, 15) is 0 Å². The molecule has 0 heterocycles. The van der Waals surface area contributed by atoms with Gasteiger partial charge in [0.05, 0.1) is 0 Å². The van der Waals surface area contributed by atoms with Crippen LogP contribution in [0, 0.1) is 11.8 Å². The molecular weight excluding hydrogens is 245 g/mol. The van der Waals surface area contributed by atoms with Crippen molar-refractivity contribution in [3.63, 3.8) is 0 Å². The summed E-state index contributed by atoms with van der Waals surface area (Å²) < 4.78 is 0.